The van der Waals surface area contributed by atoms with Crippen LogP contribution in [0.3, 0.4) is 0 Å². The first-order chi connectivity index (χ1) is 7.90. The second-order valence-corrected chi connectivity index (χ2v) is 4.26. The SMILES string of the molecule is OCC(CNC1CCOC1)c1ccccc1. The van der Waals surface area contributed by atoms with Gasteiger partial charge in [0, 0.05) is 25.1 Å². The van der Waals surface area contributed by atoms with Gasteiger partial charge in [0.25, 0.3) is 0 Å². The fourth-order valence-corrected chi connectivity index (χ4v) is 2.02. The van der Waals surface area contributed by atoms with Crippen LogP contribution in [0.5, 0.6) is 0 Å². The molecule has 1 fully saturated rings. The molecule has 2 unspecified atom stereocenters. The third kappa shape index (κ3) is 3.04. The van der Waals surface area contributed by atoms with E-state index in [1.54, 1.807) is 0 Å². The van der Waals surface area contributed by atoms with E-state index in [1.807, 2.05) is 18.2 Å². The fraction of sp³-hybridized carbons (Fsp3) is 0.538. The van der Waals surface area contributed by atoms with E-state index >= 15 is 0 Å². The first-order valence-electron chi connectivity index (χ1n) is 5.87. The molecule has 1 aliphatic heterocycles. The summed E-state index contributed by atoms with van der Waals surface area (Å²) >= 11 is 0. The van der Waals surface area contributed by atoms with E-state index in [0.29, 0.717) is 6.04 Å². The third-order valence-electron chi connectivity index (χ3n) is 3.07. The summed E-state index contributed by atoms with van der Waals surface area (Å²) in [5.41, 5.74) is 1.19. The maximum Gasteiger partial charge on any atom is 0.0620 e. The van der Waals surface area contributed by atoms with Crippen molar-refractivity contribution in [2.24, 2.45) is 0 Å². The van der Waals surface area contributed by atoms with Gasteiger partial charge < -0.3 is 15.2 Å². The van der Waals surface area contributed by atoms with E-state index in [0.717, 1.165) is 26.2 Å². The molecule has 16 heavy (non-hydrogen) atoms. The molecule has 0 radical (unpaired) electrons. The van der Waals surface area contributed by atoms with Gasteiger partial charge in [0.2, 0.25) is 0 Å². The highest BCUT2D eigenvalue weighted by Crippen LogP contribution is 2.14. The van der Waals surface area contributed by atoms with Crippen LogP contribution in [0.25, 0.3) is 0 Å². The molecule has 1 aromatic rings. The van der Waals surface area contributed by atoms with Gasteiger partial charge in [-0.1, -0.05) is 30.3 Å². The molecular weight excluding hydrogens is 202 g/mol. The van der Waals surface area contributed by atoms with Crippen molar-refractivity contribution < 1.29 is 9.84 Å². The number of aliphatic hydroxyl groups excluding tert-OH is 1. The van der Waals surface area contributed by atoms with Crippen LogP contribution < -0.4 is 5.32 Å². The molecule has 0 aromatic heterocycles. The van der Waals surface area contributed by atoms with Crippen LogP contribution in [-0.4, -0.2) is 37.5 Å². The van der Waals surface area contributed by atoms with Gasteiger partial charge in [0.15, 0.2) is 0 Å². The molecule has 88 valence electrons. The molecular formula is C13H19NO2. The van der Waals surface area contributed by atoms with Gasteiger partial charge in [-0.05, 0) is 12.0 Å². The molecule has 2 N–H and O–H groups in total. The zero-order valence-corrected chi connectivity index (χ0v) is 9.43. The van der Waals surface area contributed by atoms with Crippen molar-refractivity contribution in [1.82, 2.24) is 5.32 Å². The van der Waals surface area contributed by atoms with Crippen molar-refractivity contribution in [3.05, 3.63) is 35.9 Å². The fourth-order valence-electron chi connectivity index (χ4n) is 2.02. The predicted octanol–water partition coefficient (Wildman–Crippen LogP) is 1.14. The third-order valence-corrected chi connectivity index (χ3v) is 3.07. The predicted molar refractivity (Wildman–Crippen MR) is 63.5 cm³/mol. The quantitative estimate of drug-likeness (QED) is 0.783. The van der Waals surface area contributed by atoms with Gasteiger partial charge in [0.05, 0.1) is 13.2 Å². The maximum absolute atomic E-state index is 9.38. The summed E-state index contributed by atoms with van der Waals surface area (Å²) in [7, 11) is 0. The van der Waals surface area contributed by atoms with Crippen molar-refractivity contribution in [2.45, 2.75) is 18.4 Å². The van der Waals surface area contributed by atoms with Crippen molar-refractivity contribution in [2.75, 3.05) is 26.4 Å². The Labute approximate surface area is 96.4 Å². The van der Waals surface area contributed by atoms with Gasteiger partial charge in [-0.25, -0.2) is 0 Å². The van der Waals surface area contributed by atoms with Crippen LogP contribution in [0.4, 0.5) is 0 Å². The minimum Gasteiger partial charge on any atom is -0.396 e. The van der Waals surface area contributed by atoms with E-state index in [-0.39, 0.29) is 12.5 Å². The summed E-state index contributed by atoms with van der Waals surface area (Å²) in [4.78, 5) is 0. The normalized spacial score (nSPS) is 22.2. The van der Waals surface area contributed by atoms with Crippen LogP contribution in [0.1, 0.15) is 17.9 Å². The Morgan fingerprint density at radius 2 is 2.19 bits per heavy atom. The van der Waals surface area contributed by atoms with Crippen LogP contribution in [0.2, 0.25) is 0 Å². The lowest BCUT2D eigenvalue weighted by Gasteiger charge is -2.18. The number of hydrogen-bond donors (Lipinski definition) is 2. The Morgan fingerprint density at radius 1 is 1.38 bits per heavy atom. The average Bonchev–Trinajstić information content (AvgIpc) is 2.84. The Bertz CT molecular complexity index is 296. The molecule has 0 bridgehead atoms. The zero-order chi connectivity index (χ0) is 11.2. The highest BCUT2D eigenvalue weighted by Gasteiger charge is 2.17. The highest BCUT2D eigenvalue weighted by molar-refractivity contribution is 5.19. The number of benzene rings is 1. The van der Waals surface area contributed by atoms with Gasteiger partial charge in [-0.15, -0.1) is 0 Å². The second kappa shape index (κ2) is 5.99. The van der Waals surface area contributed by atoms with Gasteiger partial charge >= 0.3 is 0 Å². The summed E-state index contributed by atoms with van der Waals surface area (Å²) in [5, 5.41) is 12.8. The van der Waals surface area contributed by atoms with Gasteiger partial charge in [-0.2, -0.15) is 0 Å². The Balaban J connectivity index is 1.85. The number of ether oxygens (including phenoxy) is 1. The van der Waals surface area contributed by atoms with Gasteiger partial charge in [0.1, 0.15) is 0 Å². The van der Waals surface area contributed by atoms with E-state index in [4.69, 9.17) is 4.74 Å². The number of rotatable bonds is 5. The molecule has 2 atom stereocenters. The topological polar surface area (TPSA) is 41.5 Å². The number of aliphatic hydroxyl groups is 1. The summed E-state index contributed by atoms with van der Waals surface area (Å²) in [6.07, 6.45) is 1.08. The molecule has 3 heteroatoms. The molecule has 3 nitrogen and oxygen atoms in total. The summed E-state index contributed by atoms with van der Waals surface area (Å²) in [6.45, 7) is 2.65. The molecule has 1 aromatic carbocycles. The van der Waals surface area contributed by atoms with Crippen LogP contribution in [0, 0.1) is 0 Å². The molecule has 1 saturated heterocycles. The number of hydrogen-bond acceptors (Lipinski definition) is 3. The lowest BCUT2D eigenvalue weighted by molar-refractivity contribution is 0.188. The first-order valence-corrected chi connectivity index (χ1v) is 5.87. The lowest BCUT2D eigenvalue weighted by atomic mass is 10.00. The Kier molecular flexibility index (Phi) is 4.34. The van der Waals surface area contributed by atoms with Crippen molar-refractivity contribution in [3.63, 3.8) is 0 Å². The minimum atomic E-state index is 0.182. The lowest BCUT2D eigenvalue weighted by Crippen LogP contribution is -2.33. The van der Waals surface area contributed by atoms with Crippen molar-refractivity contribution >= 4 is 0 Å². The van der Waals surface area contributed by atoms with Crippen molar-refractivity contribution in [1.29, 1.82) is 0 Å². The molecule has 1 aliphatic rings. The van der Waals surface area contributed by atoms with E-state index in [2.05, 4.69) is 17.4 Å². The molecule has 0 aliphatic carbocycles. The monoisotopic (exact) mass is 221 g/mol. The molecule has 1 heterocycles. The van der Waals surface area contributed by atoms with Gasteiger partial charge in [-0.3, -0.25) is 0 Å². The smallest absolute Gasteiger partial charge is 0.0620 e. The largest absolute Gasteiger partial charge is 0.396 e. The highest BCUT2D eigenvalue weighted by atomic mass is 16.5. The van der Waals surface area contributed by atoms with E-state index in [1.165, 1.54) is 5.56 Å². The van der Waals surface area contributed by atoms with Crippen LogP contribution in [0.15, 0.2) is 30.3 Å². The van der Waals surface area contributed by atoms with Crippen LogP contribution in [-0.2, 0) is 4.74 Å². The van der Waals surface area contributed by atoms with Crippen molar-refractivity contribution in [3.8, 4) is 0 Å². The molecule has 0 saturated carbocycles. The van der Waals surface area contributed by atoms with E-state index < -0.39 is 0 Å². The molecule has 0 spiro atoms. The second-order valence-electron chi connectivity index (χ2n) is 4.26. The minimum absolute atomic E-state index is 0.182. The Hall–Kier alpha value is -0.900. The number of nitrogens with one attached hydrogen (secondary N) is 1. The molecule has 0 amide bonds. The first kappa shape index (κ1) is 11.6. The zero-order valence-electron chi connectivity index (χ0n) is 9.43. The standard InChI is InChI=1S/C13H19NO2/c15-9-12(11-4-2-1-3-5-11)8-14-13-6-7-16-10-13/h1-5,12-15H,6-10H2. The average molecular weight is 221 g/mol. The Morgan fingerprint density at radius 3 is 2.81 bits per heavy atom. The summed E-state index contributed by atoms with van der Waals surface area (Å²) in [5.74, 6) is 0.182. The summed E-state index contributed by atoms with van der Waals surface area (Å²) in [6, 6.07) is 10.6. The van der Waals surface area contributed by atoms with E-state index in [9.17, 15) is 5.11 Å². The molecule has 2 rings (SSSR count). The summed E-state index contributed by atoms with van der Waals surface area (Å²) < 4.78 is 5.30. The maximum atomic E-state index is 9.38. The van der Waals surface area contributed by atoms with Crippen LogP contribution >= 0.6 is 0 Å².